The molecule has 7 atom stereocenters. The van der Waals surface area contributed by atoms with Crippen LogP contribution >= 0.6 is 0 Å². The van der Waals surface area contributed by atoms with Gasteiger partial charge in [0, 0.05) is 35.8 Å². The van der Waals surface area contributed by atoms with E-state index in [-0.39, 0.29) is 48.4 Å². The highest BCUT2D eigenvalue weighted by molar-refractivity contribution is 6.16. The maximum Gasteiger partial charge on any atom is 0.160 e. The first-order valence-corrected chi connectivity index (χ1v) is 10.9. The Labute approximate surface area is 172 Å². The van der Waals surface area contributed by atoms with Crippen molar-refractivity contribution >= 4 is 17.3 Å². The molecule has 0 heterocycles. The molecule has 160 valence electrons. The molecule has 1 unspecified atom stereocenters. The topological polar surface area (TPSA) is 91.7 Å². The zero-order chi connectivity index (χ0) is 21.7. The maximum absolute atomic E-state index is 13.6. The highest BCUT2D eigenvalue weighted by Gasteiger charge is 2.70. The molecule has 0 aromatic heterocycles. The fourth-order valence-electron chi connectivity index (χ4n) is 7.70. The lowest BCUT2D eigenvalue weighted by molar-refractivity contribution is -0.145. The van der Waals surface area contributed by atoms with E-state index >= 15 is 0 Å². The van der Waals surface area contributed by atoms with Crippen LogP contribution < -0.4 is 0 Å². The summed E-state index contributed by atoms with van der Waals surface area (Å²) in [5, 5.41) is 21.0. The van der Waals surface area contributed by atoms with Crippen molar-refractivity contribution in [2.45, 2.75) is 85.9 Å². The Morgan fingerprint density at radius 2 is 1.59 bits per heavy atom. The number of allylic oxidation sites excluding steroid dienone is 2. The molecule has 5 heteroatoms. The average molecular weight is 403 g/mol. The molecule has 4 rings (SSSR count). The molecule has 4 aliphatic rings. The summed E-state index contributed by atoms with van der Waals surface area (Å²) in [7, 11) is 0. The molecule has 0 spiro atoms. The number of aliphatic hydroxyl groups excluding tert-OH is 2. The molecular formula is C24H34O5. The van der Waals surface area contributed by atoms with Gasteiger partial charge < -0.3 is 10.2 Å². The Kier molecular flexibility index (Phi) is 4.24. The van der Waals surface area contributed by atoms with Crippen molar-refractivity contribution in [1.82, 2.24) is 0 Å². The van der Waals surface area contributed by atoms with Gasteiger partial charge in [-0.1, -0.05) is 27.7 Å². The number of aliphatic hydroxyl groups is 2. The van der Waals surface area contributed by atoms with Crippen LogP contribution in [0.4, 0.5) is 0 Å². The molecule has 29 heavy (non-hydrogen) atoms. The van der Waals surface area contributed by atoms with Gasteiger partial charge in [-0.15, -0.1) is 0 Å². The van der Waals surface area contributed by atoms with E-state index in [1.54, 1.807) is 6.92 Å². The molecule has 0 aromatic rings. The molecule has 0 aromatic carbocycles. The number of hydrogen-bond acceptors (Lipinski definition) is 5. The molecule has 0 saturated heterocycles. The van der Waals surface area contributed by atoms with Gasteiger partial charge in [-0.05, 0) is 49.4 Å². The van der Waals surface area contributed by atoms with Crippen LogP contribution in [0.5, 0.6) is 0 Å². The third-order valence-corrected chi connectivity index (χ3v) is 9.77. The van der Waals surface area contributed by atoms with Gasteiger partial charge in [0.2, 0.25) is 0 Å². The van der Waals surface area contributed by atoms with Crippen LogP contribution in [0.1, 0.15) is 73.6 Å². The minimum absolute atomic E-state index is 0.0311. The van der Waals surface area contributed by atoms with Gasteiger partial charge in [0.05, 0.1) is 17.6 Å². The second-order valence-electron chi connectivity index (χ2n) is 11.3. The first-order valence-electron chi connectivity index (χ1n) is 10.9. The van der Waals surface area contributed by atoms with E-state index in [0.29, 0.717) is 24.0 Å². The second-order valence-corrected chi connectivity index (χ2v) is 11.3. The SMILES string of the molecule is CC(O)[C@H]1CC(=O)[C@@]2(C)C3=C(C(=O)C[C@]12C)[C@@]1(C)CC[C@H](O)C(C)(C)[C@@H]1CC3=O. The number of fused-ring (bicyclic) bond motifs is 4. The van der Waals surface area contributed by atoms with Gasteiger partial charge >= 0.3 is 0 Å². The lowest BCUT2D eigenvalue weighted by Gasteiger charge is -2.60. The highest BCUT2D eigenvalue weighted by atomic mass is 16.3. The van der Waals surface area contributed by atoms with E-state index in [9.17, 15) is 24.6 Å². The van der Waals surface area contributed by atoms with Crippen LogP contribution in [0.25, 0.3) is 0 Å². The Hall–Kier alpha value is -1.33. The van der Waals surface area contributed by atoms with Crippen molar-refractivity contribution in [1.29, 1.82) is 0 Å². The molecule has 4 aliphatic carbocycles. The Bertz CT molecular complexity index is 851. The first kappa shape index (κ1) is 20.9. The van der Waals surface area contributed by atoms with Crippen LogP contribution in [0.15, 0.2) is 11.1 Å². The average Bonchev–Trinajstić information content (AvgIpc) is 2.81. The number of Topliss-reactive ketones (excluding diaryl/α,β-unsaturated/α-hetero) is 3. The van der Waals surface area contributed by atoms with Crippen molar-refractivity contribution in [3.05, 3.63) is 11.1 Å². The molecule has 0 bridgehead atoms. The maximum atomic E-state index is 13.6. The normalized spacial score (nSPS) is 47.6. The quantitative estimate of drug-likeness (QED) is 0.703. The number of rotatable bonds is 1. The van der Waals surface area contributed by atoms with Crippen molar-refractivity contribution in [2.75, 3.05) is 0 Å². The summed E-state index contributed by atoms with van der Waals surface area (Å²) >= 11 is 0. The molecule has 0 radical (unpaired) electrons. The monoisotopic (exact) mass is 402 g/mol. The van der Waals surface area contributed by atoms with Crippen LogP contribution in [0, 0.1) is 33.5 Å². The second kappa shape index (κ2) is 5.88. The van der Waals surface area contributed by atoms with Gasteiger partial charge in [-0.25, -0.2) is 0 Å². The third-order valence-electron chi connectivity index (χ3n) is 9.77. The minimum Gasteiger partial charge on any atom is -0.393 e. The summed E-state index contributed by atoms with van der Waals surface area (Å²) in [5.41, 5.74) is -1.81. The summed E-state index contributed by atoms with van der Waals surface area (Å²) in [6.07, 6.45) is 0.631. The lowest BCUT2D eigenvalue weighted by atomic mass is 9.43. The number of ketones is 3. The van der Waals surface area contributed by atoms with Gasteiger partial charge in [0.15, 0.2) is 11.6 Å². The zero-order valence-corrected chi connectivity index (χ0v) is 18.5. The summed E-state index contributed by atoms with van der Waals surface area (Å²) in [6, 6.07) is 0. The number of carbonyl (C=O) groups is 3. The molecule has 2 N–H and O–H groups in total. The van der Waals surface area contributed by atoms with Gasteiger partial charge in [-0.3, -0.25) is 14.4 Å². The first-order chi connectivity index (χ1) is 13.2. The van der Waals surface area contributed by atoms with E-state index in [0.717, 1.165) is 0 Å². The largest absolute Gasteiger partial charge is 0.393 e. The van der Waals surface area contributed by atoms with Crippen molar-refractivity contribution in [2.24, 2.45) is 33.5 Å². The predicted molar refractivity (Wildman–Crippen MR) is 108 cm³/mol. The van der Waals surface area contributed by atoms with Crippen LogP contribution in [-0.2, 0) is 14.4 Å². The molecule has 2 saturated carbocycles. The molecule has 2 fully saturated rings. The predicted octanol–water partition coefficient (Wildman–Crippen LogP) is 3.01. The van der Waals surface area contributed by atoms with E-state index in [1.165, 1.54) is 0 Å². The van der Waals surface area contributed by atoms with Crippen LogP contribution in [-0.4, -0.2) is 39.8 Å². The van der Waals surface area contributed by atoms with Crippen molar-refractivity contribution < 1.29 is 24.6 Å². The van der Waals surface area contributed by atoms with Crippen molar-refractivity contribution in [3.63, 3.8) is 0 Å². The lowest BCUT2D eigenvalue weighted by Crippen LogP contribution is -2.60. The molecule has 0 amide bonds. The van der Waals surface area contributed by atoms with E-state index < -0.39 is 33.9 Å². The van der Waals surface area contributed by atoms with E-state index in [1.807, 2.05) is 27.7 Å². The molecular weight excluding hydrogens is 368 g/mol. The van der Waals surface area contributed by atoms with Gasteiger partial charge in [0.25, 0.3) is 0 Å². The fraction of sp³-hybridized carbons (Fsp3) is 0.792. The number of carbonyl (C=O) groups excluding carboxylic acids is 3. The highest BCUT2D eigenvalue weighted by Crippen LogP contribution is 2.69. The van der Waals surface area contributed by atoms with Gasteiger partial charge in [-0.2, -0.15) is 0 Å². The Morgan fingerprint density at radius 1 is 0.966 bits per heavy atom. The summed E-state index contributed by atoms with van der Waals surface area (Å²) in [4.78, 5) is 40.5. The van der Waals surface area contributed by atoms with E-state index in [4.69, 9.17) is 0 Å². The number of hydrogen-bond donors (Lipinski definition) is 2. The third kappa shape index (κ3) is 2.26. The van der Waals surface area contributed by atoms with Crippen LogP contribution in [0.2, 0.25) is 0 Å². The smallest absolute Gasteiger partial charge is 0.160 e. The minimum atomic E-state index is -1.04. The molecule has 5 nitrogen and oxygen atoms in total. The van der Waals surface area contributed by atoms with E-state index in [2.05, 4.69) is 6.92 Å². The summed E-state index contributed by atoms with van der Waals surface area (Å²) < 4.78 is 0. The molecule has 0 aliphatic heterocycles. The van der Waals surface area contributed by atoms with Crippen molar-refractivity contribution in [3.8, 4) is 0 Å². The Morgan fingerprint density at radius 3 is 2.17 bits per heavy atom. The van der Waals surface area contributed by atoms with Crippen LogP contribution in [0.3, 0.4) is 0 Å². The standard InChI is InChI=1S/C24H34O5/c1-12(25)13-9-18(29)24(6)20-14(26)10-16-21(2,3)17(28)7-8-22(16,4)19(20)15(27)11-23(13,24)5/h12-13,16-17,25,28H,7-11H2,1-6H3/t12?,13-,16+,17+,22+,23-,24+/m1/s1. The summed E-state index contributed by atoms with van der Waals surface area (Å²) in [6.45, 7) is 11.5. The Balaban J connectivity index is 1.98. The van der Waals surface area contributed by atoms with Gasteiger partial charge in [0.1, 0.15) is 5.78 Å². The zero-order valence-electron chi connectivity index (χ0n) is 18.5. The fourth-order valence-corrected chi connectivity index (χ4v) is 7.70. The summed E-state index contributed by atoms with van der Waals surface area (Å²) in [5.74, 6) is -0.664.